The zero-order chi connectivity index (χ0) is 32.3. The molecule has 0 aliphatic carbocycles. The van der Waals surface area contributed by atoms with Crippen LogP contribution in [0.1, 0.15) is 61.2 Å². The summed E-state index contributed by atoms with van der Waals surface area (Å²) in [6, 6.07) is 8.35. The predicted octanol–water partition coefficient (Wildman–Crippen LogP) is 6.45. The van der Waals surface area contributed by atoms with Gasteiger partial charge in [0.25, 0.3) is 0 Å². The highest BCUT2D eigenvalue weighted by molar-refractivity contribution is 6.00. The number of urea groups is 1. The van der Waals surface area contributed by atoms with Gasteiger partial charge in [-0.3, -0.25) is 20.2 Å². The molecule has 0 bridgehead atoms. The van der Waals surface area contributed by atoms with Crippen LogP contribution < -0.4 is 10.6 Å². The first-order valence-corrected chi connectivity index (χ1v) is 14.7. The SMILES string of the molecule is CC.CCN1CCN(Cc2ccc(NC(=O)Nc3cc(C#Cc4cnc(C)c(C(C)=NC)c4)ccn3)cc2C(F)(F)F)CC1. The van der Waals surface area contributed by atoms with Crippen molar-refractivity contribution in [3.63, 3.8) is 0 Å². The van der Waals surface area contributed by atoms with Gasteiger partial charge in [-0.05, 0) is 56.3 Å². The van der Waals surface area contributed by atoms with Crippen LogP contribution in [0.2, 0.25) is 0 Å². The van der Waals surface area contributed by atoms with Gasteiger partial charge in [-0.25, -0.2) is 9.78 Å². The molecule has 1 saturated heterocycles. The molecule has 44 heavy (non-hydrogen) atoms. The van der Waals surface area contributed by atoms with Gasteiger partial charge in [0.2, 0.25) is 0 Å². The Kier molecular flexibility index (Phi) is 12.4. The number of aryl methyl sites for hydroxylation is 1. The molecular weight excluding hydrogens is 567 g/mol. The summed E-state index contributed by atoms with van der Waals surface area (Å²) in [4.78, 5) is 29.7. The number of aromatic nitrogens is 2. The molecule has 1 aromatic carbocycles. The van der Waals surface area contributed by atoms with Gasteiger partial charge in [0.15, 0.2) is 0 Å². The monoisotopic (exact) mass is 607 g/mol. The van der Waals surface area contributed by atoms with Gasteiger partial charge in [-0.1, -0.05) is 38.7 Å². The van der Waals surface area contributed by atoms with E-state index >= 15 is 0 Å². The molecule has 0 radical (unpaired) electrons. The van der Waals surface area contributed by atoms with E-state index in [0.29, 0.717) is 24.2 Å². The number of hydrogen-bond donors (Lipinski definition) is 2. The summed E-state index contributed by atoms with van der Waals surface area (Å²) in [5, 5.41) is 5.05. The minimum absolute atomic E-state index is 0.0314. The van der Waals surface area contributed by atoms with E-state index in [2.05, 4.69) is 49.3 Å². The Balaban J connectivity index is 0.00000259. The molecule has 234 valence electrons. The second kappa shape index (κ2) is 16.0. The van der Waals surface area contributed by atoms with Crippen LogP contribution in [0.5, 0.6) is 0 Å². The Morgan fingerprint density at radius 1 is 0.977 bits per heavy atom. The summed E-state index contributed by atoms with van der Waals surface area (Å²) in [7, 11) is 1.72. The number of benzene rings is 1. The molecule has 0 spiro atoms. The molecule has 0 saturated carbocycles. The smallest absolute Gasteiger partial charge is 0.308 e. The molecule has 0 unspecified atom stereocenters. The van der Waals surface area contributed by atoms with E-state index in [4.69, 9.17) is 0 Å². The second-order valence-electron chi connectivity index (χ2n) is 10.0. The molecule has 0 atom stereocenters. The number of halogens is 3. The van der Waals surface area contributed by atoms with Gasteiger partial charge in [0.1, 0.15) is 5.82 Å². The average Bonchev–Trinajstić information content (AvgIpc) is 3.02. The first-order valence-electron chi connectivity index (χ1n) is 14.7. The van der Waals surface area contributed by atoms with Crippen LogP contribution in [-0.4, -0.2) is 71.3 Å². The Morgan fingerprint density at radius 3 is 2.32 bits per heavy atom. The fourth-order valence-corrected chi connectivity index (χ4v) is 4.65. The first-order chi connectivity index (χ1) is 21.0. The molecule has 2 amide bonds. The van der Waals surface area contributed by atoms with Gasteiger partial charge < -0.3 is 10.2 Å². The molecule has 3 heterocycles. The highest BCUT2D eigenvalue weighted by Crippen LogP contribution is 2.34. The highest BCUT2D eigenvalue weighted by atomic mass is 19.4. The number of piperazine rings is 1. The number of amides is 2. The van der Waals surface area contributed by atoms with E-state index < -0.39 is 17.8 Å². The van der Waals surface area contributed by atoms with Crippen LogP contribution in [0.25, 0.3) is 0 Å². The molecule has 3 aromatic rings. The highest BCUT2D eigenvalue weighted by Gasteiger charge is 2.34. The molecule has 2 N–H and O–H groups in total. The number of nitrogens with zero attached hydrogens (tertiary/aromatic N) is 5. The molecular formula is C33H40F3N7O. The largest absolute Gasteiger partial charge is 0.416 e. The second-order valence-corrected chi connectivity index (χ2v) is 10.0. The van der Waals surface area contributed by atoms with Gasteiger partial charge >= 0.3 is 12.2 Å². The van der Waals surface area contributed by atoms with Crippen LogP contribution in [0.4, 0.5) is 29.5 Å². The summed E-state index contributed by atoms with van der Waals surface area (Å²) >= 11 is 0. The molecule has 1 aliphatic heterocycles. The normalized spacial score (nSPS) is 14.2. The van der Waals surface area contributed by atoms with Crippen molar-refractivity contribution in [2.45, 2.75) is 47.3 Å². The fourth-order valence-electron chi connectivity index (χ4n) is 4.65. The van der Waals surface area contributed by atoms with E-state index in [-0.39, 0.29) is 23.6 Å². The number of carbonyl (C=O) groups is 1. The number of nitrogens with one attached hydrogen (secondary N) is 2. The number of likely N-dealkylation sites (N-methyl/N-ethyl adjacent to an activating group) is 1. The molecule has 11 heteroatoms. The summed E-state index contributed by atoms with van der Waals surface area (Å²) in [5.41, 5.74) is 3.36. The lowest BCUT2D eigenvalue weighted by molar-refractivity contribution is -0.138. The third-order valence-electron chi connectivity index (χ3n) is 7.14. The maximum Gasteiger partial charge on any atom is 0.416 e. The van der Waals surface area contributed by atoms with Gasteiger partial charge in [-0.2, -0.15) is 13.2 Å². The van der Waals surface area contributed by atoms with Crippen LogP contribution in [0, 0.1) is 18.8 Å². The summed E-state index contributed by atoms with van der Waals surface area (Å²) in [6.07, 6.45) is -1.39. The predicted molar refractivity (Wildman–Crippen MR) is 170 cm³/mol. The summed E-state index contributed by atoms with van der Waals surface area (Å²) < 4.78 is 41.8. The fraction of sp³-hybridized carbons (Fsp3) is 0.394. The molecule has 2 aromatic heterocycles. The first kappa shape index (κ1) is 34.2. The topological polar surface area (TPSA) is 85.8 Å². The Bertz CT molecular complexity index is 1520. The third kappa shape index (κ3) is 9.62. The molecule has 1 aliphatic rings. The van der Waals surface area contributed by atoms with Gasteiger partial charge in [-0.15, -0.1) is 0 Å². The summed E-state index contributed by atoms with van der Waals surface area (Å²) in [6.45, 7) is 14.1. The summed E-state index contributed by atoms with van der Waals surface area (Å²) in [5.74, 6) is 6.28. The minimum atomic E-state index is -4.56. The van der Waals surface area contributed by atoms with Crippen LogP contribution in [-0.2, 0) is 12.7 Å². The molecule has 1 fully saturated rings. The lowest BCUT2D eigenvalue weighted by Crippen LogP contribution is -2.45. The number of aliphatic imine (C=N–C) groups is 1. The zero-order valence-corrected chi connectivity index (χ0v) is 26.1. The van der Waals surface area contributed by atoms with Crippen molar-refractivity contribution in [2.24, 2.45) is 4.99 Å². The zero-order valence-electron chi connectivity index (χ0n) is 26.1. The van der Waals surface area contributed by atoms with Crippen molar-refractivity contribution in [3.8, 4) is 11.8 Å². The lowest BCUT2D eigenvalue weighted by Gasteiger charge is -2.34. The van der Waals surface area contributed by atoms with Gasteiger partial charge in [0.05, 0.1) is 5.56 Å². The van der Waals surface area contributed by atoms with Crippen molar-refractivity contribution in [2.75, 3.05) is 50.4 Å². The quantitative estimate of drug-likeness (QED) is 0.249. The van der Waals surface area contributed by atoms with Crippen molar-refractivity contribution < 1.29 is 18.0 Å². The Morgan fingerprint density at radius 2 is 1.66 bits per heavy atom. The van der Waals surface area contributed by atoms with E-state index in [1.165, 1.54) is 18.3 Å². The average molecular weight is 608 g/mol. The van der Waals surface area contributed by atoms with Gasteiger partial charge in [0, 0.05) is 85.9 Å². The van der Waals surface area contributed by atoms with Crippen molar-refractivity contribution in [1.29, 1.82) is 0 Å². The van der Waals surface area contributed by atoms with Crippen LogP contribution in [0.3, 0.4) is 0 Å². The number of pyridine rings is 2. The van der Waals surface area contributed by atoms with Crippen molar-refractivity contribution >= 4 is 23.2 Å². The van der Waals surface area contributed by atoms with Crippen molar-refractivity contribution in [3.05, 3.63) is 82.3 Å². The third-order valence-corrected chi connectivity index (χ3v) is 7.14. The standard InChI is InChI=1S/C31H34F3N7O.C2H6/c1-5-40-12-14-41(15-13-40)20-25-8-9-26(18-28(25)31(32,33)34)38-30(42)39-29-17-23(10-11-36-29)6-7-24-16-27(21(2)35-4)22(3)37-19-24;1-2/h8-11,16-19H,5,12-15,20H2,1-4H3,(H2,36,38,39,42);1-2H3. The lowest BCUT2D eigenvalue weighted by atomic mass is 10.0. The molecule has 8 nitrogen and oxygen atoms in total. The van der Waals surface area contributed by atoms with E-state index in [0.717, 1.165) is 42.7 Å². The molecule has 4 rings (SSSR count). The minimum Gasteiger partial charge on any atom is -0.308 e. The van der Waals surface area contributed by atoms with E-state index in [1.807, 2.05) is 38.7 Å². The number of hydrogen-bond acceptors (Lipinski definition) is 6. The Hall–Kier alpha value is -4.27. The number of alkyl halides is 3. The van der Waals surface area contributed by atoms with Crippen molar-refractivity contribution in [1.82, 2.24) is 19.8 Å². The number of anilines is 2. The van der Waals surface area contributed by atoms with Crippen LogP contribution in [0.15, 0.2) is 53.8 Å². The number of rotatable bonds is 6. The Labute approximate surface area is 257 Å². The van der Waals surface area contributed by atoms with E-state index in [1.54, 1.807) is 25.4 Å². The van der Waals surface area contributed by atoms with E-state index in [9.17, 15) is 18.0 Å². The maximum atomic E-state index is 13.9. The number of carbonyl (C=O) groups excluding carboxylic acids is 1. The maximum absolute atomic E-state index is 13.9. The van der Waals surface area contributed by atoms with Crippen LogP contribution >= 0.6 is 0 Å².